The molecule has 4 rings (SSSR count). The predicted molar refractivity (Wildman–Crippen MR) is 97.8 cm³/mol. The Morgan fingerprint density at radius 1 is 0.760 bits per heavy atom. The van der Waals surface area contributed by atoms with Gasteiger partial charge in [0.25, 0.3) is 0 Å². The van der Waals surface area contributed by atoms with E-state index in [-0.39, 0.29) is 0 Å². The van der Waals surface area contributed by atoms with Crippen LogP contribution in [0.25, 0.3) is 10.6 Å². The minimum absolute atomic E-state index is 0.930. The van der Waals surface area contributed by atoms with Gasteiger partial charge in [-0.2, -0.15) is 0 Å². The van der Waals surface area contributed by atoms with Crippen molar-refractivity contribution in [1.29, 1.82) is 0 Å². The van der Waals surface area contributed by atoms with Crippen LogP contribution in [-0.2, 0) is 24.9 Å². The van der Waals surface area contributed by atoms with Crippen molar-refractivity contribution in [2.45, 2.75) is 0 Å². The first kappa shape index (κ1) is 16.4. The second kappa shape index (κ2) is 7.84. The standard InChI is InChI=1S/C13H9N4S.C6H5.Hg/c1-2-4-11(5-3-1)15-13-17-16-12(18-13)10-6-8-14-9-7-10;1-2-4-6-5-3-1;/h1-9H;1-5H;/q-1;;+1. The summed E-state index contributed by atoms with van der Waals surface area (Å²) in [6.07, 6.45) is 3.57. The van der Waals surface area contributed by atoms with Gasteiger partial charge in [0.1, 0.15) is 0 Å². The Hall–Kier alpha value is -2.11. The molecule has 0 atom stereocenters. The van der Waals surface area contributed by atoms with Crippen LogP contribution in [0, 0.1) is 0 Å². The Balaban J connectivity index is 1.70. The molecule has 0 saturated carbocycles. The van der Waals surface area contributed by atoms with Crippen molar-refractivity contribution >= 4 is 25.2 Å². The molecular weight excluding hydrogens is 517 g/mol. The van der Waals surface area contributed by atoms with Gasteiger partial charge in [-0.1, -0.05) is 0 Å². The molecule has 2 aromatic heterocycles. The summed E-state index contributed by atoms with van der Waals surface area (Å²) in [5, 5.41) is 10.8. The van der Waals surface area contributed by atoms with Gasteiger partial charge >= 0.3 is 164 Å². The normalized spacial score (nSPS) is 10.2. The molecule has 0 fully saturated rings. The van der Waals surface area contributed by atoms with Gasteiger partial charge in [-0.15, -0.1) is 0 Å². The fraction of sp³-hybridized carbons (Fsp3) is 0. The predicted octanol–water partition coefficient (Wildman–Crippen LogP) is 4.06. The third-order valence-electron chi connectivity index (χ3n) is 3.82. The Morgan fingerprint density at radius 2 is 1.44 bits per heavy atom. The first-order valence-electron chi connectivity index (χ1n) is 8.00. The van der Waals surface area contributed by atoms with Crippen LogP contribution in [0.15, 0.2) is 85.2 Å². The molecule has 0 bridgehead atoms. The van der Waals surface area contributed by atoms with Crippen molar-refractivity contribution in [2.24, 2.45) is 0 Å². The maximum absolute atomic E-state index is 4.50. The fourth-order valence-electron chi connectivity index (χ4n) is 2.58. The molecule has 0 aliphatic carbocycles. The average molecular weight is 531 g/mol. The van der Waals surface area contributed by atoms with Crippen molar-refractivity contribution in [2.75, 3.05) is 2.66 Å². The van der Waals surface area contributed by atoms with E-state index < -0.39 is 24.9 Å². The van der Waals surface area contributed by atoms with Gasteiger partial charge in [0.05, 0.1) is 0 Å². The van der Waals surface area contributed by atoms with E-state index in [1.807, 2.05) is 18.2 Å². The first-order chi connectivity index (χ1) is 12.4. The molecule has 0 aliphatic rings. The Morgan fingerprint density at radius 3 is 2.16 bits per heavy atom. The second-order valence-corrected chi connectivity index (χ2v) is 13.4. The van der Waals surface area contributed by atoms with Gasteiger partial charge in [0.2, 0.25) is 0 Å². The summed E-state index contributed by atoms with van der Waals surface area (Å²) in [6, 6.07) is 25.2. The van der Waals surface area contributed by atoms with Crippen molar-refractivity contribution in [3.63, 3.8) is 0 Å². The summed E-state index contributed by atoms with van der Waals surface area (Å²) in [6.45, 7) is 0. The van der Waals surface area contributed by atoms with Crippen molar-refractivity contribution in [3.05, 3.63) is 85.2 Å². The van der Waals surface area contributed by atoms with Gasteiger partial charge in [-0.05, 0) is 0 Å². The number of hydrogen-bond acceptors (Lipinski definition) is 5. The molecule has 6 heteroatoms. The van der Waals surface area contributed by atoms with E-state index in [0.29, 0.717) is 0 Å². The summed E-state index contributed by atoms with van der Waals surface area (Å²) in [7, 11) is 0. The van der Waals surface area contributed by atoms with E-state index in [1.54, 1.807) is 23.7 Å². The second-order valence-electron chi connectivity index (χ2n) is 5.53. The van der Waals surface area contributed by atoms with Gasteiger partial charge in [0.15, 0.2) is 0 Å². The van der Waals surface area contributed by atoms with E-state index in [4.69, 9.17) is 0 Å². The molecule has 118 valence electrons. The molecule has 0 saturated heterocycles. The number of benzene rings is 2. The molecule has 2 heterocycles. The van der Waals surface area contributed by atoms with Gasteiger partial charge in [-0.3, -0.25) is 0 Å². The van der Waals surface area contributed by atoms with Gasteiger partial charge in [-0.25, -0.2) is 0 Å². The zero-order chi connectivity index (χ0) is 16.9. The number of hydrogen-bond donors (Lipinski definition) is 0. The number of anilines is 2. The van der Waals surface area contributed by atoms with Crippen molar-refractivity contribution in [1.82, 2.24) is 15.2 Å². The summed E-state index contributed by atoms with van der Waals surface area (Å²) in [4.78, 5) is 4.07. The average Bonchev–Trinajstić information content (AvgIpc) is 3.18. The van der Waals surface area contributed by atoms with Crippen LogP contribution in [0.5, 0.6) is 0 Å². The third kappa shape index (κ3) is 3.94. The van der Waals surface area contributed by atoms with Crippen molar-refractivity contribution < 1.29 is 24.9 Å². The molecule has 2 aromatic carbocycles. The zero-order valence-electron chi connectivity index (χ0n) is 13.5. The van der Waals surface area contributed by atoms with Crippen LogP contribution in [-0.4, -0.2) is 15.2 Å². The van der Waals surface area contributed by atoms with Crippen LogP contribution < -0.4 is 5.74 Å². The summed E-state index contributed by atoms with van der Waals surface area (Å²) in [5.41, 5.74) is 2.26. The van der Waals surface area contributed by atoms with Gasteiger partial charge < -0.3 is 0 Å². The molecular formula is C19H14HgN4S. The van der Waals surface area contributed by atoms with Crippen molar-refractivity contribution in [3.8, 4) is 10.6 Å². The molecule has 4 nitrogen and oxygen atoms in total. The summed E-state index contributed by atoms with van der Waals surface area (Å²) < 4.78 is 3.87. The van der Waals surface area contributed by atoms with Gasteiger partial charge in [0, 0.05) is 0 Å². The number of aromatic nitrogens is 3. The number of nitrogens with zero attached hydrogens (tertiary/aromatic N) is 4. The van der Waals surface area contributed by atoms with Crippen LogP contribution in [0.1, 0.15) is 0 Å². The van der Waals surface area contributed by atoms with Crippen LogP contribution in [0.3, 0.4) is 0 Å². The Labute approximate surface area is 163 Å². The molecule has 4 aromatic rings. The minimum atomic E-state index is -1.62. The third-order valence-corrected chi connectivity index (χ3v) is 12.8. The zero-order valence-corrected chi connectivity index (χ0v) is 19.8. The number of rotatable bonds is 5. The molecule has 0 N–H and O–H groups in total. The Bertz CT molecular complexity index is 929. The SMILES string of the molecule is c1cc[c]([Hg][N](c2ccccc2)c2nnc(-c3ccncc3)s2)cc1. The first-order valence-corrected chi connectivity index (χ1v) is 14.0. The topological polar surface area (TPSA) is 41.9 Å². The quantitative estimate of drug-likeness (QED) is 0.365. The van der Waals surface area contributed by atoms with Crippen LogP contribution in [0.4, 0.5) is 10.8 Å². The van der Waals surface area contributed by atoms with E-state index in [0.717, 1.165) is 15.7 Å². The van der Waals surface area contributed by atoms with E-state index in [1.165, 1.54) is 8.76 Å². The molecule has 25 heavy (non-hydrogen) atoms. The number of pyridine rings is 1. The maximum atomic E-state index is 4.50. The fourth-order valence-corrected chi connectivity index (χ4v) is 10.3. The van der Waals surface area contributed by atoms with Crippen LogP contribution >= 0.6 is 11.3 Å². The van der Waals surface area contributed by atoms with E-state index in [2.05, 4.69) is 72.4 Å². The summed E-state index contributed by atoms with van der Waals surface area (Å²) >= 11 is 0.0216. The Kier molecular flexibility index (Phi) is 5.13. The monoisotopic (exact) mass is 532 g/mol. The van der Waals surface area contributed by atoms with E-state index >= 15 is 0 Å². The summed E-state index contributed by atoms with van der Waals surface area (Å²) in [5.74, 6) is 0. The van der Waals surface area contributed by atoms with E-state index in [9.17, 15) is 0 Å². The molecule has 0 spiro atoms. The molecule has 0 amide bonds. The molecule has 0 aliphatic heterocycles. The molecule has 0 unspecified atom stereocenters. The molecule has 0 radical (unpaired) electrons. The number of para-hydroxylation sites is 1. The van der Waals surface area contributed by atoms with Crippen LogP contribution in [0.2, 0.25) is 0 Å².